The number of thioether (sulfide) groups is 1. The highest BCUT2D eigenvalue weighted by Crippen LogP contribution is 2.23. The number of hydrogen-bond acceptors (Lipinski definition) is 5. The SMILES string of the molecule is CCn1c([N+](=O)[O-])cnc1CSc1ccncc1. The first-order valence-electron chi connectivity index (χ1n) is 5.44. The summed E-state index contributed by atoms with van der Waals surface area (Å²) in [5, 5.41) is 10.8. The fourth-order valence-corrected chi connectivity index (χ4v) is 2.43. The highest BCUT2D eigenvalue weighted by atomic mass is 32.2. The van der Waals surface area contributed by atoms with Crippen LogP contribution in [0.2, 0.25) is 0 Å². The van der Waals surface area contributed by atoms with E-state index >= 15 is 0 Å². The lowest BCUT2D eigenvalue weighted by atomic mass is 10.5. The van der Waals surface area contributed by atoms with E-state index in [2.05, 4.69) is 9.97 Å². The van der Waals surface area contributed by atoms with Gasteiger partial charge in [0, 0.05) is 17.3 Å². The van der Waals surface area contributed by atoms with E-state index in [-0.39, 0.29) is 5.82 Å². The molecule has 94 valence electrons. The Hall–Kier alpha value is -1.89. The van der Waals surface area contributed by atoms with Gasteiger partial charge in [-0.05, 0) is 24.0 Å². The normalized spacial score (nSPS) is 10.5. The van der Waals surface area contributed by atoms with Crippen molar-refractivity contribution < 1.29 is 4.92 Å². The van der Waals surface area contributed by atoms with Crippen LogP contribution in [0.25, 0.3) is 0 Å². The van der Waals surface area contributed by atoms with Crippen molar-refractivity contribution in [2.75, 3.05) is 0 Å². The number of hydrogen-bond donors (Lipinski definition) is 0. The maximum absolute atomic E-state index is 10.8. The lowest BCUT2D eigenvalue weighted by Crippen LogP contribution is -2.04. The van der Waals surface area contributed by atoms with Crippen LogP contribution in [0.5, 0.6) is 0 Å². The molecule has 6 nitrogen and oxygen atoms in total. The summed E-state index contributed by atoms with van der Waals surface area (Å²) >= 11 is 1.58. The zero-order valence-electron chi connectivity index (χ0n) is 9.81. The van der Waals surface area contributed by atoms with E-state index in [9.17, 15) is 10.1 Å². The lowest BCUT2D eigenvalue weighted by Gasteiger charge is -2.02. The summed E-state index contributed by atoms with van der Waals surface area (Å²) in [4.78, 5) is 19.5. The molecule has 0 radical (unpaired) electrons. The third kappa shape index (κ3) is 2.67. The Morgan fingerprint density at radius 3 is 2.78 bits per heavy atom. The molecule has 0 aliphatic heterocycles. The number of pyridine rings is 1. The zero-order chi connectivity index (χ0) is 13.0. The molecule has 2 aromatic heterocycles. The molecular formula is C11H12N4O2S. The second-order valence-corrected chi connectivity index (χ2v) is 4.55. The fraction of sp³-hybridized carbons (Fsp3) is 0.273. The largest absolute Gasteiger partial charge is 0.358 e. The molecule has 0 fully saturated rings. The molecule has 0 amide bonds. The summed E-state index contributed by atoms with van der Waals surface area (Å²) in [7, 11) is 0. The van der Waals surface area contributed by atoms with Crippen LogP contribution in [0.1, 0.15) is 12.7 Å². The van der Waals surface area contributed by atoms with E-state index < -0.39 is 4.92 Å². The van der Waals surface area contributed by atoms with Crippen molar-refractivity contribution in [2.24, 2.45) is 0 Å². The van der Waals surface area contributed by atoms with Crippen molar-refractivity contribution in [3.63, 3.8) is 0 Å². The van der Waals surface area contributed by atoms with Crippen LogP contribution in [0.3, 0.4) is 0 Å². The standard InChI is InChI=1S/C11H12N4O2S/c1-2-14-10(13-7-11(14)15(16)17)8-18-9-3-5-12-6-4-9/h3-7H,2,8H2,1H3. The monoisotopic (exact) mass is 264 g/mol. The molecule has 2 rings (SSSR count). The molecule has 2 aromatic rings. The van der Waals surface area contributed by atoms with Crippen LogP contribution < -0.4 is 0 Å². The van der Waals surface area contributed by atoms with E-state index in [0.717, 1.165) is 4.90 Å². The minimum absolute atomic E-state index is 0.0443. The molecule has 0 unspecified atom stereocenters. The van der Waals surface area contributed by atoms with Gasteiger partial charge in [-0.25, -0.2) is 9.55 Å². The van der Waals surface area contributed by atoms with Crippen molar-refractivity contribution in [3.8, 4) is 0 Å². The van der Waals surface area contributed by atoms with Crippen molar-refractivity contribution >= 4 is 17.6 Å². The maximum atomic E-state index is 10.8. The molecule has 0 atom stereocenters. The molecule has 7 heteroatoms. The van der Waals surface area contributed by atoms with Gasteiger partial charge in [-0.3, -0.25) is 4.98 Å². The summed E-state index contributed by atoms with van der Waals surface area (Å²) in [6.45, 7) is 2.41. The fourth-order valence-electron chi connectivity index (χ4n) is 1.59. The van der Waals surface area contributed by atoms with E-state index in [1.54, 1.807) is 28.7 Å². The molecule has 0 aromatic carbocycles. The van der Waals surface area contributed by atoms with Crippen LogP contribution in [0, 0.1) is 10.1 Å². The third-order valence-electron chi connectivity index (χ3n) is 2.44. The first kappa shape index (κ1) is 12.6. The number of nitrogens with zero attached hydrogens (tertiary/aromatic N) is 4. The van der Waals surface area contributed by atoms with Gasteiger partial charge in [0.2, 0.25) is 5.82 Å². The summed E-state index contributed by atoms with van der Waals surface area (Å²) in [5.41, 5.74) is 0. The van der Waals surface area contributed by atoms with Crippen molar-refractivity contribution in [3.05, 3.63) is 46.7 Å². The first-order valence-corrected chi connectivity index (χ1v) is 6.42. The summed E-state index contributed by atoms with van der Waals surface area (Å²) in [6.07, 6.45) is 4.75. The zero-order valence-corrected chi connectivity index (χ0v) is 10.6. The van der Waals surface area contributed by atoms with Crippen molar-refractivity contribution in [2.45, 2.75) is 24.1 Å². The minimum Gasteiger partial charge on any atom is -0.358 e. The van der Waals surface area contributed by atoms with Gasteiger partial charge in [-0.1, -0.05) is 0 Å². The predicted octanol–water partition coefficient (Wildman–Crippen LogP) is 2.50. The highest BCUT2D eigenvalue weighted by molar-refractivity contribution is 7.98. The molecule has 0 spiro atoms. The van der Waals surface area contributed by atoms with E-state index in [4.69, 9.17) is 0 Å². The summed E-state index contributed by atoms with van der Waals surface area (Å²) in [5.74, 6) is 1.36. The van der Waals surface area contributed by atoms with Gasteiger partial charge in [0.05, 0.1) is 12.3 Å². The lowest BCUT2D eigenvalue weighted by molar-refractivity contribution is -0.392. The molecule has 0 N–H and O–H groups in total. The van der Waals surface area contributed by atoms with E-state index in [1.165, 1.54) is 6.20 Å². The van der Waals surface area contributed by atoms with Gasteiger partial charge >= 0.3 is 5.82 Å². The number of rotatable bonds is 5. The van der Waals surface area contributed by atoms with Gasteiger partial charge in [-0.15, -0.1) is 11.8 Å². The number of imidazole rings is 1. The second kappa shape index (κ2) is 5.63. The van der Waals surface area contributed by atoms with Gasteiger partial charge in [0.1, 0.15) is 6.20 Å². The maximum Gasteiger partial charge on any atom is 0.342 e. The average molecular weight is 264 g/mol. The number of nitro groups is 1. The molecule has 2 heterocycles. The van der Waals surface area contributed by atoms with E-state index in [1.807, 2.05) is 19.1 Å². The minimum atomic E-state index is -0.406. The highest BCUT2D eigenvalue weighted by Gasteiger charge is 2.18. The quantitative estimate of drug-likeness (QED) is 0.471. The third-order valence-corrected chi connectivity index (χ3v) is 3.45. The van der Waals surface area contributed by atoms with Crippen molar-refractivity contribution in [1.82, 2.24) is 14.5 Å². The molecule has 18 heavy (non-hydrogen) atoms. The van der Waals surface area contributed by atoms with Gasteiger partial charge in [0.15, 0.2) is 0 Å². The Balaban J connectivity index is 2.12. The first-order chi connectivity index (χ1) is 8.72. The molecule has 0 aliphatic carbocycles. The van der Waals surface area contributed by atoms with Crippen LogP contribution in [-0.2, 0) is 12.3 Å². The summed E-state index contributed by atoms with van der Waals surface area (Å²) in [6, 6.07) is 3.80. The average Bonchev–Trinajstić information content (AvgIpc) is 2.80. The molecule has 0 bridgehead atoms. The predicted molar refractivity (Wildman–Crippen MR) is 68.4 cm³/mol. The van der Waals surface area contributed by atoms with Crippen molar-refractivity contribution in [1.29, 1.82) is 0 Å². The Labute approximate surface area is 108 Å². The second-order valence-electron chi connectivity index (χ2n) is 3.51. The Morgan fingerprint density at radius 1 is 1.44 bits per heavy atom. The van der Waals surface area contributed by atoms with Gasteiger partial charge in [0.25, 0.3) is 0 Å². The summed E-state index contributed by atoms with van der Waals surface area (Å²) < 4.78 is 1.62. The topological polar surface area (TPSA) is 73.8 Å². The van der Waals surface area contributed by atoms with Crippen LogP contribution in [-0.4, -0.2) is 19.5 Å². The Kier molecular flexibility index (Phi) is 3.93. The number of aromatic nitrogens is 3. The van der Waals surface area contributed by atoms with Crippen LogP contribution >= 0.6 is 11.8 Å². The van der Waals surface area contributed by atoms with Crippen LogP contribution in [0.15, 0.2) is 35.6 Å². The molecule has 0 aliphatic rings. The molecular weight excluding hydrogens is 252 g/mol. The van der Waals surface area contributed by atoms with Gasteiger partial charge < -0.3 is 10.1 Å². The molecule has 0 saturated carbocycles. The molecule has 0 saturated heterocycles. The van der Waals surface area contributed by atoms with Crippen LogP contribution in [0.4, 0.5) is 5.82 Å². The smallest absolute Gasteiger partial charge is 0.342 e. The Bertz CT molecular complexity index is 541. The van der Waals surface area contributed by atoms with Gasteiger partial charge in [-0.2, -0.15) is 0 Å². The Morgan fingerprint density at radius 2 is 2.17 bits per heavy atom. The van der Waals surface area contributed by atoms with E-state index in [0.29, 0.717) is 18.1 Å².